The van der Waals surface area contributed by atoms with Gasteiger partial charge in [-0.2, -0.15) is 0 Å². The van der Waals surface area contributed by atoms with E-state index in [0.29, 0.717) is 18.1 Å². The summed E-state index contributed by atoms with van der Waals surface area (Å²) in [5.41, 5.74) is 0.484. The molecule has 21 heavy (non-hydrogen) atoms. The maximum Gasteiger partial charge on any atom is 0.333 e. The molecule has 3 atom stereocenters. The summed E-state index contributed by atoms with van der Waals surface area (Å²) in [6.07, 6.45) is 8.84. The second kappa shape index (κ2) is 11.8. The molecule has 0 fully saturated rings. The van der Waals surface area contributed by atoms with Crippen LogP contribution in [0, 0.1) is 17.8 Å². The second-order valence-corrected chi connectivity index (χ2v) is 6.98. The summed E-state index contributed by atoms with van der Waals surface area (Å²) >= 11 is 0. The second-order valence-electron chi connectivity index (χ2n) is 6.98. The lowest BCUT2D eigenvalue weighted by molar-refractivity contribution is -0.139. The third-order valence-corrected chi connectivity index (χ3v) is 4.20. The van der Waals surface area contributed by atoms with Gasteiger partial charge in [0.25, 0.3) is 0 Å². The summed E-state index contributed by atoms with van der Waals surface area (Å²) in [6, 6.07) is 0. The Morgan fingerprint density at radius 3 is 2.14 bits per heavy atom. The smallest absolute Gasteiger partial charge is 0.333 e. The van der Waals surface area contributed by atoms with E-state index >= 15 is 0 Å². The van der Waals surface area contributed by atoms with Crippen molar-refractivity contribution in [2.24, 2.45) is 17.8 Å². The fourth-order valence-electron chi connectivity index (χ4n) is 2.66. The number of esters is 1. The molecule has 3 unspecified atom stereocenters. The predicted molar refractivity (Wildman–Crippen MR) is 91.3 cm³/mol. The zero-order chi connectivity index (χ0) is 16.3. The van der Waals surface area contributed by atoms with Crippen molar-refractivity contribution in [2.45, 2.75) is 79.6 Å². The average Bonchev–Trinajstić information content (AvgIpc) is 2.42. The Kier molecular flexibility index (Phi) is 11.4. The lowest BCUT2D eigenvalue weighted by Crippen LogP contribution is -2.10. The number of rotatable bonds is 12. The van der Waals surface area contributed by atoms with E-state index in [-0.39, 0.29) is 5.97 Å². The normalized spacial score (nSPS) is 15.3. The third kappa shape index (κ3) is 11.5. The molecule has 2 nitrogen and oxygen atoms in total. The first-order valence-corrected chi connectivity index (χ1v) is 8.69. The van der Waals surface area contributed by atoms with E-state index in [9.17, 15) is 4.79 Å². The molecule has 124 valence electrons. The Morgan fingerprint density at radius 2 is 1.57 bits per heavy atom. The van der Waals surface area contributed by atoms with Crippen LogP contribution < -0.4 is 0 Å². The molecule has 0 aliphatic heterocycles. The van der Waals surface area contributed by atoms with Gasteiger partial charge in [-0.05, 0) is 37.5 Å². The van der Waals surface area contributed by atoms with Crippen LogP contribution in [0.1, 0.15) is 79.6 Å². The molecule has 0 radical (unpaired) electrons. The largest absolute Gasteiger partial charge is 0.462 e. The molecule has 0 amide bonds. The Bertz CT molecular complexity index is 296. The van der Waals surface area contributed by atoms with Gasteiger partial charge in [0.2, 0.25) is 0 Å². The van der Waals surface area contributed by atoms with Gasteiger partial charge in [-0.25, -0.2) is 4.79 Å². The first-order chi connectivity index (χ1) is 9.86. The van der Waals surface area contributed by atoms with Crippen molar-refractivity contribution >= 4 is 5.97 Å². The zero-order valence-corrected chi connectivity index (χ0v) is 14.9. The van der Waals surface area contributed by atoms with Crippen molar-refractivity contribution in [3.05, 3.63) is 12.2 Å². The van der Waals surface area contributed by atoms with E-state index < -0.39 is 0 Å². The van der Waals surface area contributed by atoms with Gasteiger partial charge in [0.1, 0.15) is 0 Å². The molecule has 0 bridgehead atoms. The Morgan fingerprint density at radius 1 is 1.00 bits per heavy atom. The summed E-state index contributed by atoms with van der Waals surface area (Å²) in [6.45, 7) is 15.1. The van der Waals surface area contributed by atoms with Gasteiger partial charge < -0.3 is 4.74 Å². The number of hydrogen-bond donors (Lipinski definition) is 0. The van der Waals surface area contributed by atoms with Crippen LogP contribution in [0.4, 0.5) is 0 Å². The standard InChI is InChI=1S/C19H36O2/c1-7-8-9-17(5)14-18(6)11-10-16(4)12-13-21-19(20)15(2)3/h16-18H,2,7-14H2,1,3-6H3. The minimum Gasteiger partial charge on any atom is -0.462 e. The molecular weight excluding hydrogens is 260 g/mol. The molecule has 0 aromatic heterocycles. The van der Waals surface area contributed by atoms with Crippen LogP contribution in [-0.2, 0) is 9.53 Å². The van der Waals surface area contributed by atoms with E-state index in [0.717, 1.165) is 18.3 Å². The zero-order valence-electron chi connectivity index (χ0n) is 14.9. The highest BCUT2D eigenvalue weighted by Crippen LogP contribution is 2.23. The lowest BCUT2D eigenvalue weighted by atomic mass is 9.88. The number of carbonyl (C=O) groups is 1. The van der Waals surface area contributed by atoms with Crippen LogP contribution in [0.15, 0.2) is 12.2 Å². The van der Waals surface area contributed by atoms with Crippen LogP contribution in [0.2, 0.25) is 0 Å². The highest BCUT2D eigenvalue weighted by Gasteiger charge is 2.11. The van der Waals surface area contributed by atoms with Crippen molar-refractivity contribution in [3.63, 3.8) is 0 Å². The molecular formula is C19H36O2. The van der Waals surface area contributed by atoms with E-state index in [1.165, 1.54) is 38.5 Å². The molecule has 0 N–H and O–H groups in total. The van der Waals surface area contributed by atoms with Gasteiger partial charge in [0.05, 0.1) is 6.61 Å². The third-order valence-electron chi connectivity index (χ3n) is 4.20. The Hall–Kier alpha value is -0.790. The number of ether oxygens (including phenoxy) is 1. The quantitative estimate of drug-likeness (QED) is 0.338. The molecule has 0 aliphatic carbocycles. The maximum atomic E-state index is 11.3. The van der Waals surface area contributed by atoms with Crippen molar-refractivity contribution in [3.8, 4) is 0 Å². The highest BCUT2D eigenvalue weighted by atomic mass is 16.5. The number of unbranched alkanes of at least 4 members (excludes halogenated alkanes) is 1. The molecule has 0 rings (SSSR count). The fourth-order valence-corrected chi connectivity index (χ4v) is 2.66. The minimum atomic E-state index is -0.264. The minimum absolute atomic E-state index is 0.264. The molecule has 0 saturated carbocycles. The SMILES string of the molecule is C=C(C)C(=O)OCCC(C)CCC(C)CC(C)CCCC. The lowest BCUT2D eigenvalue weighted by Gasteiger charge is -2.19. The van der Waals surface area contributed by atoms with Crippen LogP contribution in [0.25, 0.3) is 0 Å². The summed E-state index contributed by atoms with van der Waals surface area (Å²) in [7, 11) is 0. The monoisotopic (exact) mass is 296 g/mol. The first-order valence-electron chi connectivity index (χ1n) is 8.69. The van der Waals surface area contributed by atoms with Gasteiger partial charge in [-0.3, -0.25) is 0 Å². The van der Waals surface area contributed by atoms with Gasteiger partial charge in [0, 0.05) is 5.57 Å². The van der Waals surface area contributed by atoms with Gasteiger partial charge in [-0.15, -0.1) is 0 Å². The van der Waals surface area contributed by atoms with Gasteiger partial charge in [-0.1, -0.05) is 66.4 Å². The molecule has 0 aromatic rings. The highest BCUT2D eigenvalue weighted by molar-refractivity contribution is 5.86. The molecule has 0 aliphatic rings. The summed E-state index contributed by atoms with van der Waals surface area (Å²) < 4.78 is 5.15. The van der Waals surface area contributed by atoms with Crippen molar-refractivity contribution in [2.75, 3.05) is 6.61 Å². The number of hydrogen-bond acceptors (Lipinski definition) is 2. The molecule has 0 saturated heterocycles. The molecule has 2 heteroatoms. The van der Waals surface area contributed by atoms with E-state index in [2.05, 4.69) is 34.3 Å². The van der Waals surface area contributed by atoms with Gasteiger partial charge >= 0.3 is 5.97 Å². The summed E-state index contributed by atoms with van der Waals surface area (Å²) in [5.74, 6) is 2.01. The van der Waals surface area contributed by atoms with E-state index in [1.54, 1.807) is 6.92 Å². The van der Waals surface area contributed by atoms with Gasteiger partial charge in [0.15, 0.2) is 0 Å². The van der Waals surface area contributed by atoms with Crippen LogP contribution in [0.5, 0.6) is 0 Å². The Balaban J connectivity index is 3.69. The van der Waals surface area contributed by atoms with Crippen molar-refractivity contribution < 1.29 is 9.53 Å². The Labute approximate surface area is 132 Å². The van der Waals surface area contributed by atoms with Crippen LogP contribution in [-0.4, -0.2) is 12.6 Å². The van der Waals surface area contributed by atoms with E-state index in [4.69, 9.17) is 4.74 Å². The fraction of sp³-hybridized carbons (Fsp3) is 0.842. The van der Waals surface area contributed by atoms with Crippen molar-refractivity contribution in [1.29, 1.82) is 0 Å². The predicted octanol–water partition coefficient (Wildman–Crippen LogP) is 5.76. The molecule has 0 spiro atoms. The first kappa shape index (κ1) is 20.2. The van der Waals surface area contributed by atoms with Crippen LogP contribution >= 0.6 is 0 Å². The summed E-state index contributed by atoms with van der Waals surface area (Å²) in [5, 5.41) is 0. The number of carbonyl (C=O) groups excluding carboxylic acids is 1. The van der Waals surface area contributed by atoms with Crippen molar-refractivity contribution in [1.82, 2.24) is 0 Å². The molecule has 0 aromatic carbocycles. The van der Waals surface area contributed by atoms with E-state index in [1.807, 2.05) is 0 Å². The van der Waals surface area contributed by atoms with Crippen LogP contribution in [0.3, 0.4) is 0 Å². The molecule has 0 heterocycles. The summed E-state index contributed by atoms with van der Waals surface area (Å²) in [4.78, 5) is 11.3. The maximum absolute atomic E-state index is 11.3. The average molecular weight is 296 g/mol. The topological polar surface area (TPSA) is 26.3 Å².